The van der Waals surface area contributed by atoms with E-state index >= 15 is 0 Å². The van der Waals surface area contributed by atoms with Gasteiger partial charge in [0.1, 0.15) is 10.8 Å². The normalized spacial score (nSPS) is 11.8. The minimum absolute atomic E-state index is 0.00707. The van der Waals surface area contributed by atoms with Crippen molar-refractivity contribution in [2.45, 2.75) is 6.18 Å². The van der Waals surface area contributed by atoms with Crippen molar-refractivity contribution in [2.24, 2.45) is 0 Å². The zero-order valence-corrected chi connectivity index (χ0v) is 12.6. The van der Waals surface area contributed by atoms with Crippen molar-refractivity contribution in [2.75, 3.05) is 0 Å². The molecule has 0 aromatic carbocycles. The molecular weight excluding hydrogens is 377 g/mol. The van der Waals surface area contributed by atoms with E-state index in [1.54, 1.807) is 0 Å². The van der Waals surface area contributed by atoms with Gasteiger partial charge in [0, 0.05) is 6.07 Å². The van der Waals surface area contributed by atoms with Crippen molar-refractivity contribution in [3.05, 3.63) is 38.7 Å². The zero-order chi connectivity index (χ0) is 15.9. The Morgan fingerprint density at radius 1 is 1.14 bits per heavy atom. The molecule has 0 amide bonds. The summed E-state index contributed by atoms with van der Waals surface area (Å²) >= 11 is 22.4. The van der Waals surface area contributed by atoms with Gasteiger partial charge in [-0.2, -0.15) is 18.3 Å². The first-order chi connectivity index (χ1) is 9.61. The highest BCUT2D eigenvalue weighted by atomic mass is 35.5. The third kappa shape index (κ3) is 3.26. The molecule has 21 heavy (non-hydrogen) atoms. The van der Waals surface area contributed by atoms with Gasteiger partial charge < -0.3 is 0 Å². The third-order valence-electron chi connectivity index (χ3n) is 2.27. The molecule has 0 unspecified atom stereocenters. The van der Waals surface area contributed by atoms with Crippen LogP contribution in [0.2, 0.25) is 15.2 Å². The number of rotatable bonds is 2. The first-order valence-electron chi connectivity index (χ1n) is 5.00. The van der Waals surface area contributed by atoms with Crippen molar-refractivity contribution in [1.82, 2.24) is 14.8 Å². The van der Waals surface area contributed by atoms with Crippen LogP contribution in [-0.2, 0) is 6.18 Å². The summed E-state index contributed by atoms with van der Waals surface area (Å²) in [4.78, 5) is 15.0. The van der Waals surface area contributed by atoms with Gasteiger partial charge >= 0.3 is 6.18 Å². The topological polar surface area (TPSA) is 47.8 Å². The Bertz CT molecular complexity index is 729. The molecule has 0 saturated carbocycles. The molecule has 2 aromatic heterocycles. The molecule has 0 saturated heterocycles. The number of nitrogens with zero attached hydrogens (tertiary/aromatic N) is 3. The van der Waals surface area contributed by atoms with E-state index in [4.69, 9.17) is 46.4 Å². The van der Waals surface area contributed by atoms with Crippen LogP contribution in [0.25, 0.3) is 5.82 Å². The van der Waals surface area contributed by atoms with Gasteiger partial charge in [-0.05, 0) is 17.7 Å². The highest BCUT2D eigenvalue weighted by molar-refractivity contribution is 6.67. The van der Waals surface area contributed by atoms with Crippen molar-refractivity contribution < 1.29 is 18.0 Å². The van der Waals surface area contributed by atoms with E-state index in [1.165, 1.54) is 0 Å². The second kappa shape index (κ2) is 5.64. The number of halogens is 7. The molecule has 0 aliphatic heterocycles. The summed E-state index contributed by atoms with van der Waals surface area (Å²) in [5.74, 6) is -0.300. The fraction of sp³-hybridized carbons (Fsp3) is 0.100. The van der Waals surface area contributed by atoms with Crippen LogP contribution in [0.3, 0.4) is 0 Å². The fourth-order valence-electron chi connectivity index (χ4n) is 1.40. The highest BCUT2D eigenvalue weighted by Gasteiger charge is 2.36. The van der Waals surface area contributed by atoms with Gasteiger partial charge in [-0.3, -0.25) is 4.79 Å². The van der Waals surface area contributed by atoms with Gasteiger partial charge in [-0.1, -0.05) is 34.8 Å². The Hall–Kier alpha value is -1.02. The minimum Gasteiger partial charge on any atom is -0.274 e. The highest BCUT2D eigenvalue weighted by Crippen LogP contribution is 2.32. The smallest absolute Gasteiger partial charge is 0.274 e. The molecule has 0 aliphatic rings. The Labute approximate surface area is 135 Å². The van der Waals surface area contributed by atoms with Gasteiger partial charge in [-0.15, -0.1) is 0 Å². The van der Waals surface area contributed by atoms with E-state index in [1.807, 2.05) is 0 Å². The lowest BCUT2D eigenvalue weighted by molar-refractivity contribution is -0.141. The molecule has 11 heteroatoms. The van der Waals surface area contributed by atoms with Gasteiger partial charge in [0.2, 0.25) is 0 Å². The zero-order valence-electron chi connectivity index (χ0n) is 9.55. The number of aromatic nitrogens is 3. The van der Waals surface area contributed by atoms with Crippen LogP contribution >= 0.6 is 46.4 Å². The number of hydrogen-bond acceptors (Lipinski definition) is 3. The Kier molecular flexibility index (Phi) is 4.39. The van der Waals surface area contributed by atoms with Crippen molar-refractivity contribution >= 4 is 51.6 Å². The number of carbonyl (C=O) groups is 1. The largest absolute Gasteiger partial charge is 0.435 e. The van der Waals surface area contributed by atoms with Crippen LogP contribution in [0.5, 0.6) is 0 Å². The molecule has 0 fully saturated rings. The van der Waals surface area contributed by atoms with Crippen molar-refractivity contribution in [1.29, 1.82) is 0 Å². The molecule has 0 radical (unpaired) electrons. The maximum Gasteiger partial charge on any atom is 0.435 e. The van der Waals surface area contributed by atoms with E-state index in [-0.39, 0.29) is 21.0 Å². The lowest BCUT2D eigenvalue weighted by atomic mass is 10.3. The van der Waals surface area contributed by atoms with Crippen LogP contribution in [0, 0.1) is 0 Å². The lowest BCUT2D eigenvalue weighted by Gasteiger charge is -2.07. The summed E-state index contributed by atoms with van der Waals surface area (Å²) in [6, 6.07) is 1.64. The summed E-state index contributed by atoms with van der Waals surface area (Å²) in [6.45, 7) is 0. The van der Waals surface area contributed by atoms with Crippen LogP contribution in [0.15, 0.2) is 12.1 Å². The average Bonchev–Trinajstić information content (AvgIpc) is 2.78. The second-order valence-electron chi connectivity index (χ2n) is 3.66. The van der Waals surface area contributed by atoms with Gasteiger partial charge in [0.25, 0.3) is 5.24 Å². The summed E-state index contributed by atoms with van der Waals surface area (Å²) in [5, 5.41) is 1.70. The standard InChI is InChI=1S/C10H2Cl4F3N3O/c11-3-1-4(12)9(18-7(3)13)20-5(8(14)21)2-6(19-20)10(15,16)17/h1-2H. The van der Waals surface area contributed by atoms with Crippen LogP contribution in [-0.4, -0.2) is 20.0 Å². The Morgan fingerprint density at radius 3 is 2.29 bits per heavy atom. The second-order valence-corrected chi connectivity index (χ2v) is 5.18. The van der Waals surface area contributed by atoms with Gasteiger partial charge in [0.05, 0.1) is 10.0 Å². The van der Waals surface area contributed by atoms with Crippen LogP contribution in [0.4, 0.5) is 13.2 Å². The molecule has 0 bridgehead atoms. The predicted molar refractivity (Wildman–Crippen MR) is 71.6 cm³/mol. The van der Waals surface area contributed by atoms with E-state index < -0.39 is 22.8 Å². The van der Waals surface area contributed by atoms with Crippen LogP contribution in [0.1, 0.15) is 16.2 Å². The molecule has 2 rings (SSSR count). The number of hydrogen-bond donors (Lipinski definition) is 0. The molecule has 112 valence electrons. The molecule has 0 N–H and O–H groups in total. The molecule has 0 atom stereocenters. The quantitative estimate of drug-likeness (QED) is 0.565. The predicted octanol–water partition coefficient (Wildman–Crippen LogP) is 4.63. The van der Waals surface area contributed by atoms with E-state index in [2.05, 4.69) is 10.1 Å². The van der Waals surface area contributed by atoms with E-state index in [0.29, 0.717) is 10.7 Å². The summed E-state index contributed by atoms with van der Waals surface area (Å²) in [5.41, 5.74) is -1.88. The minimum atomic E-state index is -4.77. The summed E-state index contributed by atoms with van der Waals surface area (Å²) in [6.07, 6.45) is -4.77. The number of alkyl halides is 3. The maximum atomic E-state index is 12.7. The van der Waals surface area contributed by atoms with Crippen LogP contribution < -0.4 is 0 Å². The molecule has 2 heterocycles. The van der Waals surface area contributed by atoms with Gasteiger partial charge in [0.15, 0.2) is 11.5 Å². The molecular formula is C10H2Cl4F3N3O. The Balaban J connectivity index is 2.71. The molecule has 0 spiro atoms. The first-order valence-corrected chi connectivity index (χ1v) is 6.51. The molecule has 2 aromatic rings. The monoisotopic (exact) mass is 377 g/mol. The molecule has 4 nitrogen and oxygen atoms in total. The SMILES string of the molecule is O=C(Cl)c1cc(C(F)(F)F)nn1-c1nc(Cl)c(Cl)cc1Cl. The van der Waals surface area contributed by atoms with Gasteiger partial charge in [-0.25, -0.2) is 9.67 Å². The summed E-state index contributed by atoms with van der Waals surface area (Å²) < 4.78 is 38.6. The van der Waals surface area contributed by atoms with Crippen molar-refractivity contribution in [3.8, 4) is 5.82 Å². The fourth-order valence-corrected chi connectivity index (χ4v) is 2.11. The van der Waals surface area contributed by atoms with Crippen molar-refractivity contribution in [3.63, 3.8) is 0 Å². The lowest BCUT2D eigenvalue weighted by Crippen LogP contribution is -2.10. The van der Waals surface area contributed by atoms with E-state index in [0.717, 1.165) is 6.07 Å². The van der Waals surface area contributed by atoms with E-state index in [9.17, 15) is 18.0 Å². The first kappa shape index (κ1) is 16.4. The number of carbonyl (C=O) groups excluding carboxylic acids is 1. The molecule has 0 aliphatic carbocycles. The summed E-state index contributed by atoms with van der Waals surface area (Å²) in [7, 11) is 0. The average molecular weight is 379 g/mol. The number of pyridine rings is 1. The Morgan fingerprint density at radius 2 is 1.76 bits per heavy atom. The third-order valence-corrected chi connectivity index (χ3v) is 3.41. The maximum absolute atomic E-state index is 12.7.